The van der Waals surface area contributed by atoms with Gasteiger partial charge in [-0.3, -0.25) is 19.1 Å². The number of thiocarbonyl (C=S) groups is 1. The summed E-state index contributed by atoms with van der Waals surface area (Å²) in [6.07, 6.45) is 2.46. The van der Waals surface area contributed by atoms with Crippen LogP contribution in [0.4, 0.5) is 5.82 Å². The van der Waals surface area contributed by atoms with Crippen LogP contribution in [0.1, 0.15) is 27.8 Å². The van der Waals surface area contributed by atoms with Crippen molar-refractivity contribution in [3.63, 3.8) is 0 Å². The van der Waals surface area contributed by atoms with E-state index in [1.807, 2.05) is 54.6 Å². The minimum Gasteiger partial charge on any atom is -0.371 e. The van der Waals surface area contributed by atoms with Gasteiger partial charge in [0, 0.05) is 24.2 Å². The number of nitrogens with one attached hydrogen (secondary N) is 1. The molecule has 2 aromatic carbocycles. The van der Waals surface area contributed by atoms with Crippen molar-refractivity contribution >= 4 is 57.7 Å². The molecule has 0 aliphatic carbocycles. The number of hydrogen-bond donors (Lipinski definition) is 1. The molecule has 1 fully saturated rings. The Balaban J connectivity index is 1.68. The first-order valence-corrected chi connectivity index (χ1v) is 12.8. The second-order valence-electron chi connectivity index (χ2n) is 8.26. The van der Waals surface area contributed by atoms with Gasteiger partial charge in [0.25, 0.3) is 11.5 Å². The molecule has 0 spiro atoms. The van der Waals surface area contributed by atoms with Crippen molar-refractivity contribution in [1.82, 2.24) is 9.47 Å². The van der Waals surface area contributed by atoms with Crippen molar-refractivity contribution in [3.8, 4) is 6.07 Å². The Kier molecular flexibility index (Phi) is 7.94. The zero-order chi connectivity index (χ0) is 25.8. The maximum absolute atomic E-state index is 13.3. The average molecular weight is 535 g/mol. The molecule has 6 nitrogen and oxygen atoms in total. The molecule has 0 atom stereocenters. The minimum atomic E-state index is -0.388. The van der Waals surface area contributed by atoms with Gasteiger partial charge in [-0.25, -0.2) is 0 Å². The fourth-order valence-electron chi connectivity index (χ4n) is 3.98. The summed E-state index contributed by atoms with van der Waals surface area (Å²) in [6.45, 7) is 2.55. The van der Waals surface area contributed by atoms with Gasteiger partial charge < -0.3 is 5.32 Å². The highest BCUT2D eigenvalue weighted by molar-refractivity contribution is 8.26. The molecule has 9 heteroatoms. The highest BCUT2D eigenvalue weighted by Gasteiger charge is 2.33. The van der Waals surface area contributed by atoms with Crippen molar-refractivity contribution in [1.29, 1.82) is 5.26 Å². The van der Waals surface area contributed by atoms with Gasteiger partial charge in [-0.2, -0.15) is 5.26 Å². The van der Waals surface area contributed by atoms with E-state index in [-0.39, 0.29) is 23.6 Å². The number of nitriles is 1. The first kappa shape index (κ1) is 25.7. The molecule has 182 valence electrons. The van der Waals surface area contributed by atoms with Crippen molar-refractivity contribution in [2.75, 3.05) is 11.9 Å². The fourth-order valence-corrected chi connectivity index (χ4v) is 5.41. The number of anilines is 1. The van der Waals surface area contributed by atoms with Crippen molar-refractivity contribution in [2.24, 2.45) is 7.05 Å². The Labute approximate surface area is 224 Å². The number of amides is 1. The molecular weight excluding hydrogens is 512 g/mol. The third-order valence-electron chi connectivity index (χ3n) is 5.98. The third-order valence-corrected chi connectivity index (χ3v) is 7.73. The van der Waals surface area contributed by atoms with E-state index in [9.17, 15) is 14.9 Å². The van der Waals surface area contributed by atoms with Crippen LogP contribution in [0.25, 0.3) is 6.08 Å². The average Bonchev–Trinajstić information content (AvgIpc) is 3.14. The molecule has 1 saturated heterocycles. The van der Waals surface area contributed by atoms with Gasteiger partial charge in [0.05, 0.1) is 11.4 Å². The Morgan fingerprint density at radius 1 is 1.14 bits per heavy atom. The first-order valence-electron chi connectivity index (χ1n) is 11.2. The van der Waals surface area contributed by atoms with E-state index in [2.05, 4.69) is 5.32 Å². The predicted molar refractivity (Wildman–Crippen MR) is 150 cm³/mol. The van der Waals surface area contributed by atoms with E-state index in [1.54, 1.807) is 26.1 Å². The smallest absolute Gasteiger partial charge is 0.270 e. The second kappa shape index (κ2) is 11.1. The fraction of sp³-hybridized carbons (Fsp3) is 0.185. The van der Waals surface area contributed by atoms with Crippen molar-refractivity contribution < 1.29 is 4.79 Å². The van der Waals surface area contributed by atoms with E-state index in [0.717, 1.165) is 17.5 Å². The molecule has 0 unspecified atom stereocenters. The van der Waals surface area contributed by atoms with Crippen LogP contribution in [-0.2, 0) is 24.8 Å². The normalized spacial score (nSPS) is 14.4. The summed E-state index contributed by atoms with van der Waals surface area (Å²) in [7, 11) is 1.62. The molecule has 0 radical (unpaired) electrons. The van der Waals surface area contributed by atoms with Gasteiger partial charge in [0.2, 0.25) is 0 Å². The number of benzene rings is 2. The summed E-state index contributed by atoms with van der Waals surface area (Å²) in [6, 6.07) is 19.3. The van der Waals surface area contributed by atoms with Crippen LogP contribution in [-0.4, -0.2) is 26.2 Å². The lowest BCUT2D eigenvalue weighted by molar-refractivity contribution is -0.122. The van der Waals surface area contributed by atoms with E-state index in [0.29, 0.717) is 37.7 Å². The maximum Gasteiger partial charge on any atom is 0.270 e. The number of rotatable bonds is 7. The molecule has 1 aliphatic heterocycles. The Morgan fingerprint density at radius 3 is 2.53 bits per heavy atom. The van der Waals surface area contributed by atoms with E-state index < -0.39 is 0 Å². The van der Waals surface area contributed by atoms with Crippen LogP contribution in [0.15, 0.2) is 64.3 Å². The predicted octanol–water partition coefficient (Wildman–Crippen LogP) is 5.27. The number of hydrogen-bond acceptors (Lipinski definition) is 6. The monoisotopic (exact) mass is 534 g/mol. The van der Waals surface area contributed by atoms with Crippen LogP contribution in [0.5, 0.6) is 0 Å². The zero-order valence-electron chi connectivity index (χ0n) is 19.7. The first-order chi connectivity index (χ1) is 17.3. The largest absolute Gasteiger partial charge is 0.371 e. The summed E-state index contributed by atoms with van der Waals surface area (Å²) in [5.74, 6) is 0.302. The van der Waals surface area contributed by atoms with Gasteiger partial charge in [-0.15, -0.1) is 0 Å². The molecule has 1 N–H and O–H groups in total. The van der Waals surface area contributed by atoms with Crippen LogP contribution in [0.3, 0.4) is 0 Å². The lowest BCUT2D eigenvalue weighted by atomic mass is 10.0. The quantitative estimate of drug-likeness (QED) is 0.328. The molecule has 4 rings (SSSR count). The Hall–Kier alpha value is -3.38. The van der Waals surface area contributed by atoms with E-state index in [1.165, 1.54) is 21.2 Å². The SMILES string of the molecule is Cc1c(/C=C2/SC(=S)N(Cc3ccccc3Cl)C2=O)c(NCCc2ccccc2)n(C)c(=O)c1C#N. The number of carbonyl (C=O) groups excluding carboxylic acids is 1. The Morgan fingerprint density at radius 2 is 1.83 bits per heavy atom. The lowest BCUT2D eigenvalue weighted by Gasteiger charge is -2.18. The number of aromatic nitrogens is 1. The van der Waals surface area contributed by atoms with Crippen LogP contribution >= 0.6 is 35.6 Å². The van der Waals surface area contributed by atoms with Gasteiger partial charge >= 0.3 is 0 Å². The highest BCUT2D eigenvalue weighted by Crippen LogP contribution is 2.36. The molecule has 2 heterocycles. The minimum absolute atomic E-state index is 0.0453. The molecule has 1 amide bonds. The molecule has 0 bridgehead atoms. The number of nitrogens with zero attached hydrogens (tertiary/aromatic N) is 3. The van der Waals surface area contributed by atoms with Gasteiger partial charge in [0.1, 0.15) is 21.8 Å². The second-order valence-corrected chi connectivity index (χ2v) is 10.3. The molecule has 1 aromatic heterocycles. The van der Waals surface area contributed by atoms with E-state index >= 15 is 0 Å². The van der Waals surface area contributed by atoms with Gasteiger partial charge in [0.15, 0.2) is 0 Å². The summed E-state index contributed by atoms with van der Waals surface area (Å²) >= 11 is 13.0. The van der Waals surface area contributed by atoms with Crippen molar-refractivity contribution in [3.05, 3.63) is 103 Å². The van der Waals surface area contributed by atoms with Crippen LogP contribution < -0.4 is 10.9 Å². The Bertz CT molecular complexity index is 1480. The number of halogens is 1. The summed E-state index contributed by atoms with van der Waals surface area (Å²) in [4.78, 5) is 28.1. The molecule has 3 aromatic rings. The van der Waals surface area contributed by atoms with Crippen molar-refractivity contribution in [2.45, 2.75) is 19.9 Å². The van der Waals surface area contributed by atoms with Gasteiger partial charge in [-0.05, 0) is 42.2 Å². The summed E-state index contributed by atoms with van der Waals surface area (Å²) in [5, 5.41) is 13.5. The zero-order valence-corrected chi connectivity index (χ0v) is 22.1. The van der Waals surface area contributed by atoms with Crippen LogP contribution in [0.2, 0.25) is 5.02 Å². The van der Waals surface area contributed by atoms with Crippen LogP contribution in [0, 0.1) is 18.3 Å². The summed E-state index contributed by atoms with van der Waals surface area (Å²) in [5.41, 5.74) is 2.73. The number of carbonyl (C=O) groups is 1. The number of pyridine rings is 1. The maximum atomic E-state index is 13.3. The van der Waals surface area contributed by atoms with E-state index in [4.69, 9.17) is 23.8 Å². The molecule has 36 heavy (non-hydrogen) atoms. The standard InChI is InChI=1S/C27H23ClN4O2S2/c1-17-20(14-23-26(34)32(27(35)36-23)16-19-10-6-7-11-22(19)28)24(31(2)25(33)21(17)15-29)30-13-12-18-8-4-3-5-9-18/h3-11,14,30H,12-13,16H2,1-2H3/b23-14+. The number of thioether (sulfide) groups is 1. The summed E-state index contributed by atoms with van der Waals surface area (Å²) < 4.78 is 1.85. The third kappa shape index (κ3) is 5.24. The molecule has 1 aliphatic rings. The highest BCUT2D eigenvalue weighted by atomic mass is 35.5. The molecule has 0 saturated carbocycles. The lowest BCUT2D eigenvalue weighted by Crippen LogP contribution is -2.28. The van der Waals surface area contributed by atoms with Gasteiger partial charge in [-0.1, -0.05) is 84.1 Å². The topological polar surface area (TPSA) is 78.1 Å². The molecular formula is C27H23ClN4O2S2.